The minimum Gasteiger partial charge on any atom is -0.319 e. The summed E-state index contributed by atoms with van der Waals surface area (Å²) in [5.74, 6) is -0.208. The molecule has 0 atom stereocenters. The van der Waals surface area contributed by atoms with Crippen molar-refractivity contribution in [3.8, 4) is 0 Å². The number of likely N-dealkylation sites (N-methyl/N-ethyl adjacent to an activating group) is 1. The van der Waals surface area contributed by atoms with Gasteiger partial charge < -0.3 is 10.6 Å². The summed E-state index contributed by atoms with van der Waals surface area (Å²) in [5, 5.41) is 0. The predicted octanol–water partition coefficient (Wildman–Crippen LogP) is 0.925. The second-order valence-corrected chi connectivity index (χ2v) is 3.84. The van der Waals surface area contributed by atoms with E-state index in [1.54, 1.807) is 12.1 Å². The van der Waals surface area contributed by atoms with Gasteiger partial charge in [-0.2, -0.15) is 0 Å². The number of nitrogens with two attached hydrogens (primary N) is 1. The molecule has 0 bridgehead atoms. The van der Waals surface area contributed by atoms with E-state index in [4.69, 9.17) is 5.73 Å². The fourth-order valence-electron chi connectivity index (χ4n) is 1.88. The lowest BCUT2D eigenvalue weighted by Gasteiger charge is -2.46. The molecule has 0 amide bonds. The van der Waals surface area contributed by atoms with Crippen LogP contribution in [-0.2, 0) is 5.54 Å². The lowest BCUT2D eigenvalue weighted by molar-refractivity contribution is 0.0987. The number of nitrogens with zero attached hydrogens (tertiary/aromatic N) is 1. The second kappa shape index (κ2) is 2.79. The molecule has 13 heavy (non-hydrogen) atoms. The van der Waals surface area contributed by atoms with Crippen LogP contribution in [0.3, 0.4) is 0 Å². The van der Waals surface area contributed by atoms with E-state index in [0.717, 1.165) is 18.7 Å². The molecule has 3 heteroatoms. The number of benzene rings is 1. The Balaban J connectivity index is 2.22. The molecule has 0 saturated carbocycles. The Bertz CT molecular complexity index is 301. The molecular formula is C10H13FN2. The van der Waals surface area contributed by atoms with E-state index < -0.39 is 0 Å². The number of halogens is 1. The summed E-state index contributed by atoms with van der Waals surface area (Å²) in [6, 6.07) is 6.45. The first-order chi connectivity index (χ1) is 6.10. The molecule has 2 rings (SSSR count). The monoisotopic (exact) mass is 180 g/mol. The zero-order chi connectivity index (χ0) is 9.47. The van der Waals surface area contributed by atoms with E-state index in [-0.39, 0.29) is 11.4 Å². The molecule has 1 aliphatic rings. The topological polar surface area (TPSA) is 29.3 Å². The van der Waals surface area contributed by atoms with Crippen LogP contribution in [0.2, 0.25) is 0 Å². The minimum absolute atomic E-state index is 0.208. The third kappa shape index (κ3) is 1.45. The Kier molecular flexibility index (Phi) is 1.86. The predicted molar refractivity (Wildman–Crippen MR) is 49.8 cm³/mol. The average Bonchev–Trinajstić information content (AvgIpc) is 2.03. The van der Waals surface area contributed by atoms with Crippen LogP contribution >= 0.6 is 0 Å². The van der Waals surface area contributed by atoms with Crippen molar-refractivity contribution in [3.05, 3.63) is 35.6 Å². The molecule has 0 spiro atoms. The molecule has 1 aromatic carbocycles. The van der Waals surface area contributed by atoms with E-state index in [1.807, 2.05) is 7.05 Å². The van der Waals surface area contributed by atoms with Crippen molar-refractivity contribution in [1.29, 1.82) is 0 Å². The van der Waals surface area contributed by atoms with Crippen LogP contribution in [0.5, 0.6) is 0 Å². The van der Waals surface area contributed by atoms with Gasteiger partial charge in [0.25, 0.3) is 0 Å². The maximum absolute atomic E-state index is 12.6. The normalized spacial score (nSPS) is 21.2. The maximum atomic E-state index is 12.6. The first-order valence-electron chi connectivity index (χ1n) is 4.34. The van der Waals surface area contributed by atoms with Gasteiger partial charge in [-0.1, -0.05) is 12.1 Å². The van der Waals surface area contributed by atoms with Gasteiger partial charge in [-0.3, -0.25) is 0 Å². The summed E-state index contributed by atoms with van der Waals surface area (Å²) in [5.41, 5.74) is 6.86. The Labute approximate surface area is 77.2 Å². The molecule has 2 nitrogen and oxygen atoms in total. The van der Waals surface area contributed by atoms with Crippen molar-refractivity contribution in [2.75, 3.05) is 20.1 Å². The van der Waals surface area contributed by atoms with Gasteiger partial charge in [0, 0.05) is 13.1 Å². The Morgan fingerprint density at radius 2 is 1.85 bits per heavy atom. The van der Waals surface area contributed by atoms with Crippen LogP contribution in [0.4, 0.5) is 4.39 Å². The quantitative estimate of drug-likeness (QED) is 0.696. The summed E-state index contributed by atoms with van der Waals surface area (Å²) < 4.78 is 12.6. The third-order valence-electron chi connectivity index (χ3n) is 2.52. The second-order valence-electron chi connectivity index (χ2n) is 3.84. The molecule has 1 fully saturated rings. The highest BCUT2D eigenvalue weighted by molar-refractivity contribution is 5.28. The molecule has 1 aromatic rings. The van der Waals surface area contributed by atoms with Crippen LogP contribution in [0.15, 0.2) is 24.3 Å². The van der Waals surface area contributed by atoms with Crippen molar-refractivity contribution in [3.63, 3.8) is 0 Å². The van der Waals surface area contributed by atoms with Crippen molar-refractivity contribution >= 4 is 0 Å². The lowest BCUT2D eigenvalue weighted by Crippen LogP contribution is -2.63. The fourth-order valence-corrected chi connectivity index (χ4v) is 1.88. The zero-order valence-corrected chi connectivity index (χ0v) is 7.63. The third-order valence-corrected chi connectivity index (χ3v) is 2.52. The highest BCUT2D eigenvalue weighted by Crippen LogP contribution is 2.27. The highest BCUT2D eigenvalue weighted by atomic mass is 19.1. The number of hydrogen-bond donors (Lipinski definition) is 1. The molecule has 1 heterocycles. The van der Waals surface area contributed by atoms with Gasteiger partial charge in [-0.25, -0.2) is 4.39 Å². The smallest absolute Gasteiger partial charge is 0.123 e. The Hall–Kier alpha value is -0.930. The van der Waals surface area contributed by atoms with E-state index >= 15 is 0 Å². The van der Waals surface area contributed by atoms with Gasteiger partial charge in [-0.05, 0) is 24.7 Å². The van der Waals surface area contributed by atoms with Crippen LogP contribution in [0, 0.1) is 5.82 Å². The molecule has 0 radical (unpaired) electrons. The average molecular weight is 180 g/mol. The fraction of sp³-hybridized carbons (Fsp3) is 0.400. The number of likely N-dealkylation sites (tertiary alicyclic amines) is 1. The Morgan fingerprint density at radius 1 is 1.31 bits per heavy atom. The minimum atomic E-state index is -0.261. The van der Waals surface area contributed by atoms with Gasteiger partial charge in [0.1, 0.15) is 5.82 Å². The van der Waals surface area contributed by atoms with Crippen molar-refractivity contribution < 1.29 is 4.39 Å². The van der Waals surface area contributed by atoms with Crippen LogP contribution in [-0.4, -0.2) is 25.0 Å². The van der Waals surface area contributed by atoms with Crippen LogP contribution < -0.4 is 5.73 Å². The van der Waals surface area contributed by atoms with Crippen molar-refractivity contribution in [2.45, 2.75) is 5.54 Å². The van der Waals surface area contributed by atoms with Gasteiger partial charge in [0.05, 0.1) is 5.54 Å². The molecule has 1 saturated heterocycles. The van der Waals surface area contributed by atoms with Gasteiger partial charge in [0.15, 0.2) is 0 Å². The Morgan fingerprint density at radius 3 is 2.31 bits per heavy atom. The summed E-state index contributed by atoms with van der Waals surface area (Å²) in [4.78, 5) is 2.14. The van der Waals surface area contributed by atoms with Crippen LogP contribution in [0.25, 0.3) is 0 Å². The summed E-state index contributed by atoms with van der Waals surface area (Å²) in [7, 11) is 2.02. The molecule has 2 N–H and O–H groups in total. The summed E-state index contributed by atoms with van der Waals surface area (Å²) in [6.45, 7) is 1.69. The summed E-state index contributed by atoms with van der Waals surface area (Å²) >= 11 is 0. The first kappa shape index (κ1) is 8.66. The van der Waals surface area contributed by atoms with Gasteiger partial charge >= 0.3 is 0 Å². The standard InChI is InChI=1S/C10H13FN2/c1-13-6-10(12,7-13)8-2-4-9(11)5-3-8/h2-5H,6-7,12H2,1H3. The zero-order valence-electron chi connectivity index (χ0n) is 7.63. The molecule has 0 aliphatic carbocycles. The molecule has 70 valence electrons. The van der Waals surface area contributed by atoms with Crippen molar-refractivity contribution in [1.82, 2.24) is 4.90 Å². The van der Waals surface area contributed by atoms with Crippen molar-refractivity contribution in [2.24, 2.45) is 5.73 Å². The highest BCUT2D eigenvalue weighted by Gasteiger charge is 2.38. The van der Waals surface area contributed by atoms with E-state index in [0.29, 0.717) is 0 Å². The molecule has 0 unspecified atom stereocenters. The number of hydrogen-bond acceptors (Lipinski definition) is 2. The molecule has 0 aromatic heterocycles. The molecular weight excluding hydrogens is 167 g/mol. The number of rotatable bonds is 1. The van der Waals surface area contributed by atoms with E-state index in [2.05, 4.69) is 4.90 Å². The van der Waals surface area contributed by atoms with Gasteiger partial charge in [0.2, 0.25) is 0 Å². The maximum Gasteiger partial charge on any atom is 0.123 e. The SMILES string of the molecule is CN1CC(N)(c2ccc(F)cc2)C1. The molecule has 1 aliphatic heterocycles. The van der Waals surface area contributed by atoms with Gasteiger partial charge in [-0.15, -0.1) is 0 Å². The lowest BCUT2D eigenvalue weighted by atomic mass is 9.84. The van der Waals surface area contributed by atoms with E-state index in [1.165, 1.54) is 12.1 Å². The largest absolute Gasteiger partial charge is 0.319 e. The van der Waals surface area contributed by atoms with E-state index in [9.17, 15) is 4.39 Å². The summed E-state index contributed by atoms with van der Waals surface area (Å²) in [6.07, 6.45) is 0. The van der Waals surface area contributed by atoms with Crippen LogP contribution in [0.1, 0.15) is 5.56 Å². The first-order valence-corrected chi connectivity index (χ1v) is 4.34.